The predicted molar refractivity (Wildman–Crippen MR) is 116 cm³/mol. The van der Waals surface area contributed by atoms with Gasteiger partial charge in [-0.1, -0.05) is 18.2 Å². The van der Waals surface area contributed by atoms with Crippen molar-refractivity contribution in [2.45, 2.75) is 6.54 Å². The lowest BCUT2D eigenvalue weighted by atomic mass is 9.95. The standard InChI is InChI=1S/C24H23NO6/c1-29-20-11-8-16(12-17(20)13-25)18-9-10-19(23(31-3)22(18)30-2)21(26)14-4-6-15(7-5-14)24(27)28/h4-12H,13,25H2,1-3H3,(H,27,28). The summed E-state index contributed by atoms with van der Waals surface area (Å²) in [5.74, 6) is 0.0184. The largest absolute Gasteiger partial charge is 0.496 e. The Hall–Kier alpha value is -3.84. The first-order valence-electron chi connectivity index (χ1n) is 9.45. The Labute approximate surface area is 180 Å². The quantitative estimate of drug-likeness (QED) is 0.533. The maximum atomic E-state index is 13.1. The average Bonchev–Trinajstić information content (AvgIpc) is 2.81. The van der Waals surface area contributed by atoms with E-state index in [9.17, 15) is 9.59 Å². The summed E-state index contributed by atoms with van der Waals surface area (Å²) in [5, 5.41) is 9.05. The van der Waals surface area contributed by atoms with E-state index in [2.05, 4.69) is 0 Å². The number of hydrogen-bond acceptors (Lipinski definition) is 6. The van der Waals surface area contributed by atoms with E-state index in [0.717, 1.165) is 16.7 Å². The molecule has 0 radical (unpaired) electrons. The minimum absolute atomic E-state index is 0.103. The zero-order valence-corrected chi connectivity index (χ0v) is 17.5. The summed E-state index contributed by atoms with van der Waals surface area (Å²) in [5.41, 5.74) is 8.99. The minimum atomic E-state index is -1.06. The molecule has 0 aliphatic heterocycles. The van der Waals surface area contributed by atoms with Gasteiger partial charge in [0.25, 0.3) is 0 Å². The van der Waals surface area contributed by atoms with Crippen LogP contribution in [0.2, 0.25) is 0 Å². The fraction of sp³-hybridized carbons (Fsp3) is 0.167. The van der Waals surface area contributed by atoms with Crippen LogP contribution < -0.4 is 19.9 Å². The maximum absolute atomic E-state index is 13.1. The molecule has 0 unspecified atom stereocenters. The molecule has 0 bridgehead atoms. The van der Waals surface area contributed by atoms with Crippen molar-refractivity contribution in [2.75, 3.05) is 21.3 Å². The first kappa shape index (κ1) is 21.9. The third kappa shape index (κ3) is 4.22. The lowest BCUT2D eigenvalue weighted by molar-refractivity contribution is 0.0696. The zero-order valence-electron chi connectivity index (χ0n) is 17.5. The van der Waals surface area contributed by atoms with Gasteiger partial charge < -0.3 is 25.1 Å². The molecule has 0 amide bonds. The first-order chi connectivity index (χ1) is 14.9. The predicted octanol–water partition coefficient (Wildman–Crippen LogP) is 3.77. The molecule has 31 heavy (non-hydrogen) atoms. The van der Waals surface area contributed by atoms with Crippen molar-refractivity contribution in [1.82, 2.24) is 0 Å². The Morgan fingerprint density at radius 2 is 1.48 bits per heavy atom. The molecule has 160 valence electrons. The molecule has 7 heteroatoms. The van der Waals surface area contributed by atoms with Crippen LogP contribution in [-0.2, 0) is 6.54 Å². The third-order valence-corrected chi connectivity index (χ3v) is 4.97. The van der Waals surface area contributed by atoms with Crippen LogP contribution in [0.4, 0.5) is 0 Å². The van der Waals surface area contributed by atoms with Crippen LogP contribution in [0.3, 0.4) is 0 Å². The Morgan fingerprint density at radius 3 is 2.03 bits per heavy atom. The summed E-state index contributed by atoms with van der Waals surface area (Å²) < 4.78 is 16.5. The van der Waals surface area contributed by atoms with E-state index in [1.54, 1.807) is 19.2 Å². The van der Waals surface area contributed by atoms with Crippen LogP contribution in [0.15, 0.2) is 54.6 Å². The van der Waals surface area contributed by atoms with E-state index in [4.69, 9.17) is 25.1 Å². The highest BCUT2D eigenvalue weighted by Gasteiger charge is 2.22. The Kier molecular flexibility index (Phi) is 6.57. The number of carbonyl (C=O) groups is 2. The number of hydrogen-bond donors (Lipinski definition) is 2. The van der Waals surface area contributed by atoms with Crippen molar-refractivity contribution in [3.05, 3.63) is 76.9 Å². The highest BCUT2D eigenvalue weighted by Crippen LogP contribution is 2.42. The van der Waals surface area contributed by atoms with Crippen molar-refractivity contribution in [3.8, 4) is 28.4 Å². The Morgan fingerprint density at radius 1 is 0.839 bits per heavy atom. The Bertz CT molecular complexity index is 1120. The summed E-state index contributed by atoms with van der Waals surface area (Å²) in [4.78, 5) is 24.1. The van der Waals surface area contributed by atoms with Gasteiger partial charge in [0.2, 0.25) is 0 Å². The topological polar surface area (TPSA) is 108 Å². The van der Waals surface area contributed by atoms with Crippen LogP contribution in [0.1, 0.15) is 31.8 Å². The van der Waals surface area contributed by atoms with Gasteiger partial charge in [0.05, 0.1) is 32.5 Å². The zero-order chi connectivity index (χ0) is 22.5. The number of nitrogens with two attached hydrogens (primary N) is 1. The van der Waals surface area contributed by atoms with E-state index in [0.29, 0.717) is 29.2 Å². The van der Waals surface area contributed by atoms with E-state index < -0.39 is 5.97 Å². The summed E-state index contributed by atoms with van der Waals surface area (Å²) in [7, 11) is 4.55. The number of benzene rings is 3. The fourth-order valence-corrected chi connectivity index (χ4v) is 3.40. The molecule has 0 atom stereocenters. The van der Waals surface area contributed by atoms with Crippen LogP contribution in [-0.4, -0.2) is 38.2 Å². The van der Waals surface area contributed by atoms with Crippen molar-refractivity contribution < 1.29 is 28.9 Å². The van der Waals surface area contributed by atoms with E-state index >= 15 is 0 Å². The number of rotatable bonds is 8. The van der Waals surface area contributed by atoms with E-state index in [1.165, 1.54) is 38.5 Å². The van der Waals surface area contributed by atoms with Crippen LogP contribution in [0.5, 0.6) is 17.2 Å². The average molecular weight is 421 g/mol. The molecule has 0 aromatic heterocycles. The molecule has 0 saturated carbocycles. The number of ether oxygens (including phenoxy) is 3. The molecule has 3 N–H and O–H groups in total. The van der Waals surface area contributed by atoms with Crippen molar-refractivity contribution >= 4 is 11.8 Å². The lowest BCUT2D eigenvalue weighted by Crippen LogP contribution is -2.07. The highest BCUT2D eigenvalue weighted by atomic mass is 16.5. The van der Waals surface area contributed by atoms with Gasteiger partial charge in [-0.15, -0.1) is 0 Å². The molecule has 0 saturated heterocycles. The second-order valence-corrected chi connectivity index (χ2v) is 6.67. The molecule has 0 spiro atoms. The van der Waals surface area contributed by atoms with Gasteiger partial charge in [-0.05, 0) is 42.0 Å². The molecule has 3 rings (SSSR count). The van der Waals surface area contributed by atoms with Gasteiger partial charge >= 0.3 is 5.97 Å². The molecular weight excluding hydrogens is 398 g/mol. The molecule has 0 aliphatic rings. The summed E-state index contributed by atoms with van der Waals surface area (Å²) >= 11 is 0. The highest BCUT2D eigenvalue weighted by molar-refractivity contribution is 6.12. The molecule has 3 aromatic rings. The third-order valence-electron chi connectivity index (χ3n) is 4.97. The summed E-state index contributed by atoms with van der Waals surface area (Å²) in [6.45, 7) is 0.305. The second kappa shape index (κ2) is 9.32. The Balaban J connectivity index is 2.09. The smallest absolute Gasteiger partial charge is 0.335 e. The van der Waals surface area contributed by atoms with Gasteiger partial charge in [0, 0.05) is 23.2 Å². The molecule has 0 heterocycles. The van der Waals surface area contributed by atoms with E-state index in [1.807, 2.05) is 18.2 Å². The second-order valence-electron chi connectivity index (χ2n) is 6.67. The van der Waals surface area contributed by atoms with Gasteiger partial charge in [-0.3, -0.25) is 4.79 Å². The monoisotopic (exact) mass is 421 g/mol. The maximum Gasteiger partial charge on any atom is 0.335 e. The fourth-order valence-electron chi connectivity index (χ4n) is 3.40. The number of aromatic carboxylic acids is 1. The molecule has 3 aromatic carbocycles. The number of carbonyl (C=O) groups excluding carboxylic acids is 1. The number of carboxylic acids is 1. The van der Waals surface area contributed by atoms with Crippen molar-refractivity contribution in [3.63, 3.8) is 0 Å². The lowest BCUT2D eigenvalue weighted by Gasteiger charge is -2.17. The molecule has 0 fully saturated rings. The molecule has 0 aliphatic carbocycles. The van der Waals surface area contributed by atoms with Gasteiger partial charge in [-0.25, -0.2) is 4.79 Å². The minimum Gasteiger partial charge on any atom is -0.496 e. The summed E-state index contributed by atoms with van der Waals surface area (Å²) in [6, 6.07) is 14.8. The van der Waals surface area contributed by atoms with E-state index in [-0.39, 0.29) is 17.1 Å². The summed E-state index contributed by atoms with van der Waals surface area (Å²) in [6.07, 6.45) is 0. The normalized spacial score (nSPS) is 10.5. The number of ketones is 1. The number of methoxy groups -OCH3 is 3. The van der Waals surface area contributed by atoms with Gasteiger partial charge in [0.15, 0.2) is 17.3 Å². The van der Waals surface area contributed by atoms with Crippen molar-refractivity contribution in [2.24, 2.45) is 5.73 Å². The first-order valence-corrected chi connectivity index (χ1v) is 9.45. The molecule has 7 nitrogen and oxygen atoms in total. The van der Waals surface area contributed by atoms with Crippen LogP contribution >= 0.6 is 0 Å². The van der Waals surface area contributed by atoms with Gasteiger partial charge in [0.1, 0.15) is 5.75 Å². The van der Waals surface area contributed by atoms with Gasteiger partial charge in [-0.2, -0.15) is 0 Å². The number of carboxylic acid groups (broad SMARTS) is 1. The van der Waals surface area contributed by atoms with Crippen LogP contribution in [0, 0.1) is 0 Å². The SMILES string of the molecule is COc1ccc(-c2ccc(C(=O)c3ccc(C(=O)O)cc3)c(OC)c2OC)cc1CN. The molecular formula is C24H23NO6. The van der Waals surface area contributed by atoms with Crippen molar-refractivity contribution in [1.29, 1.82) is 0 Å². The van der Waals surface area contributed by atoms with Crippen LogP contribution in [0.25, 0.3) is 11.1 Å².